The zero-order valence-corrected chi connectivity index (χ0v) is 19.2. The quantitative estimate of drug-likeness (QED) is 0.349. The van der Waals surface area contributed by atoms with Gasteiger partial charge in [-0.05, 0) is 105 Å². The molecule has 0 spiro atoms. The average Bonchev–Trinajstić information content (AvgIpc) is 2.80. The maximum Gasteiger partial charge on any atom is 0.142 e. The Kier molecular flexibility index (Phi) is 7.45. The third-order valence-corrected chi connectivity index (χ3v) is 7.25. The van der Waals surface area contributed by atoms with Crippen molar-refractivity contribution in [3.63, 3.8) is 0 Å². The summed E-state index contributed by atoms with van der Waals surface area (Å²) in [7, 11) is 0. The van der Waals surface area contributed by atoms with Crippen LogP contribution < -0.4 is 0 Å². The molecule has 0 nitrogen and oxygen atoms in total. The molecule has 0 N–H and O–H groups in total. The third kappa shape index (κ3) is 6.20. The monoisotopic (exact) mass is 434 g/mol. The van der Waals surface area contributed by atoms with Crippen molar-refractivity contribution in [3.8, 4) is 0 Å². The van der Waals surface area contributed by atoms with E-state index < -0.39 is 0 Å². The van der Waals surface area contributed by atoms with E-state index in [2.05, 4.69) is 55.5 Å². The summed E-state index contributed by atoms with van der Waals surface area (Å²) >= 11 is 5.77. The second-order valence-electron chi connectivity index (χ2n) is 9.23. The Balaban J connectivity index is 1.21. The topological polar surface area (TPSA) is 0 Å². The van der Waals surface area contributed by atoms with Crippen LogP contribution in [0.3, 0.4) is 0 Å². The van der Waals surface area contributed by atoms with Crippen LogP contribution >= 0.6 is 11.6 Å². The summed E-state index contributed by atoms with van der Waals surface area (Å²) in [5.74, 6) is 1.29. The molecule has 0 atom stereocenters. The zero-order valence-electron chi connectivity index (χ0n) is 18.4. The molecule has 0 radical (unpaired) electrons. The van der Waals surface area contributed by atoms with Crippen molar-refractivity contribution in [3.05, 3.63) is 105 Å². The Hall–Kier alpha value is -2.12. The molecule has 1 aliphatic carbocycles. The van der Waals surface area contributed by atoms with Crippen LogP contribution in [-0.4, -0.2) is 0 Å². The van der Waals surface area contributed by atoms with Crippen LogP contribution in [0.1, 0.15) is 65.8 Å². The lowest BCUT2D eigenvalue weighted by molar-refractivity contribution is 0.310. The maximum atomic E-state index is 13.6. The number of hydrogen-bond donors (Lipinski definition) is 0. The maximum absolute atomic E-state index is 13.6. The van der Waals surface area contributed by atoms with Gasteiger partial charge in [0.05, 0.1) is 5.02 Å². The number of benzene rings is 3. The first-order valence-electron chi connectivity index (χ1n) is 11.6. The highest BCUT2D eigenvalue weighted by Gasteiger charge is 2.22. The van der Waals surface area contributed by atoms with Gasteiger partial charge in [0.15, 0.2) is 0 Å². The van der Waals surface area contributed by atoms with E-state index in [1.807, 2.05) is 6.07 Å². The standard InChI is InChI=1S/C29H32ClF/c1-21-2-15-26(16-3-21)27-17-12-24(13-18-27)9-8-22-4-6-23(7-5-22)10-11-25-14-19-28(30)29(31)20-25/h2-7,14-16,19-20,24,27H,8-13,17-18H2,1H3. The highest BCUT2D eigenvalue weighted by Crippen LogP contribution is 2.37. The average molecular weight is 435 g/mol. The van der Waals surface area contributed by atoms with E-state index in [1.165, 1.54) is 60.8 Å². The first kappa shape index (κ1) is 22.1. The van der Waals surface area contributed by atoms with Crippen molar-refractivity contribution in [2.75, 3.05) is 0 Å². The predicted octanol–water partition coefficient (Wildman–Crippen LogP) is 8.48. The normalized spacial score (nSPS) is 18.8. The number of halogens is 2. The number of aryl methyl sites for hydroxylation is 4. The van der Waals surface area contributed by atoms with Gasteiger partial charge < -0.3 is 0 Å². The zero-order chi connectivity index (χ0) is 21.6. The molecule has 0 aromatic heterocycles. The van der Waals surface area contributed by atoms with E-state index in [1.54, 1.807) is 12.1 Å². The molecule has 0 amide bonds. The molecular formula is C29H32ClF. The van der Waals surface area contributed by atoms with Crippen LogP contribution in [0.2, 0.25) is 5.02 Å². The molecule has 0 heterocycles. The first-order valence-corrected chi connectivity index (χ1v) is 12.0. The molecule has 0 aliphatic heterocycles. The lowest BCUT2D eigenvalue weighted by Crippen LogP contribution is -2.14. The molecule has 31 heavy (non-hydrogen) atoms. The van der Waals surface area contributed by atoms with Crippen LogP contribution in [0.15, 0.2) is 66.7 Å². The summed E-state index contributed by atoms with van der Waals surface area (Å²) in [6, 6.07) is 23.3. The summed E-state index contributed by atoms with van der Waals surface area (Å²) in [5, 5.41) is 0.191. The van der Waals surface area contributed by atoms with Crippen molar-refractivity contribution >= 4 is 11.6 Å². The van der Waals surface area contributed by atoms with Crippen molar-refractivity contribution in [2.24, 2.45) is 5.92 Å². The van der Waals surface area contributed by atoms with Gasteiger partial charge in [-0.25, -0.2) is 4.39 Å². The molecule has 1 aliphatic rings. The minimum absolute atomic E-state index is 0.191. The summed E-state index contributed by atoms with van der Waals surface area (Å²) in [5.41, 5.74) is 6.61. The van der Waals surface area contributed by atoms with Gasteiger partial charge in [-0.1, -0.05) is 71.8 Å². The molecule has 3 aromatic rings. The molecule has 0 bridgehead atoms. The number of hydrogen-bond acceptors (Lipinski definition) is 0. The van der Waals surface area contributed by atoms with Gasteiger partial charge in [0, 0.05) is 0 Å². The van der Waals surface area contributed by atoms with E-state index in [0.717, 1.165) is 30.2 Å². The van der Waals surface area contributed by atoms with Gasteiger partial charge in [0.2, 0.25) is 0 Å². The van der Waals surface area contributed by atoms with Crippen LogP contribution in [-0.2, 0) is 19.3 Å². The molecule has 0 unspecified atom stereocenters. The predicted molar refractivity (Wildman–Crippen MR) is 129 cm³/mol. The molecule has 1 saturated carbocycles. The summed E-state index contributed by atoms with van der Waals surface area (Å²) in [6.07, 6.45) is 9.59. The lowest BCUT2D eigenvalue weighted by Gasteiger charge is -2.29. The highest BCUT2D eigenvalue weighted by atomic mass is 35.5. The largest absolute Gasteiger partial charge is 0.205 e. The third-order valence-electron chi connectivity index (χ3n) is 6.95. The Bertz CT molecular complexity index is 967. The SMILES string of the molecule is Cc1ccc(C2CCC(CCc3ccc(CCc4ccc(Cl)c(F)c4)cc3)CC2)cc1. The lowest BCUT2D eigenvalue weighted by atomic mass is 9.77. The van der Waals surface area contributed by atoms with Crippen LogP contribution in [0.5, 0.6) is 0 Å². The Morgan fingerprint density at radius 3 is 1.97 bits per heavy atom. The summed E-state index contributed by atoms with van der Waals surface area (Å²) < 4.78 is 13.6. The van der Waals surface area contributed by atoms with Crippen LogP contribution in [0.4, 0.5) is 4.39 Å². The van der Waals surface area contributed by atoms with E-state index in [0.29, 0.717) is 0 Å². The Morgan fingerprint density at radius 1 is 0.742 bits per heavy atom. The van der Waals surface area contributed by atoms with E-state index in [4.69, 9.17) is 11.6 Å². The fraction of sp³-hybridized carbons (Fsp3) is 0.379. The molecule has 4 rings (SSSR count). The smallest absolute Gasteiger partial charge is 0.142 e. The van der Waals surface area contributed by atoms with Crippen molar-refractivity contribution in [1.29, 1.82) is 0 Å². The van der Waals surface area contributed by atoms with Gasteiger partial charge in [0.1, 0.15) is 5.82 Å². The molecule has 3 aromatic carbocycles. The molecule has 162 valence electrons. The van der Waals surface area contributed by atoms with Gasteiger partial charge in [-0.2, -0.15) is 0 Å². The minimum Gasteiger partial charge on any atom is -0.205 e. The highest BCUT2D eigenvalue weighted by molar-refractivity contribution is 6.30. The van der Waals surface area contributed by atoms with E-state index in [9.17, 15) is 4.39 Å². The fourth-order valence-corrected chi connectivity index (χ4v) is 4.97. The summed E-state index contributed by atoms with van der Waals surface area (Å²) in [4.78, 5) is 0. The van der Waals surface area contributed by atoms with Crippen molar-refractivity contribution in [2.45, 2.75) is 64.2 Å². The molecule has 0 saturated heterocycles. The Labute approximate surface area is 191 Å². The van der Waals surface area contributed by atoms with Crippen LogP contribution in [0.25, 0.3) is 0 Å². The second-order valence-corrected chi connectivity index (χ2v) is 9.64. The van der Waals surface area contributed by atoms with Gasteiger partial charge in [-0.15, -0.1) is 0 Å². The van der Waals surface area contributed by atoms with Gasteiger partial charge >= 0.3 is 0 Å². The van der Waals surface area contributed by atoms with Crippen molar-refractivity contribution < 1.29 is 4.39 Å². The first-order chi connectivity index (χ1) is 15.1. The number of rotatable bonds is 7. The molecule has 1 fully saturated rings. The van der Waals surface area contributed by atoms with E-state index in [-0.39, 0.29) is 10.8 Å². The van der Waals surface area contributed by atoms with Crippen molar-refractivity contribution in [1.82, 2.24) is 0 Å². The minimum atomic E-state index is -0.331. The Morgan fingerprint density at radius 2 is 1.32 bits per heavy atom. The van der Waals surface area contributed by atoms with Gasteiger partial charge in [-0.3, -0.25) is 0 Å². The molecule has 2 heteroatoms. The summed E-state index contributed by atoms with van der Waals surface area (Å²) in [6.45, 7) is 2.16. The van der Waals surface area contributed by atoms with Crippen LogP contribution in [0, 0.1) is 18.7 Å². The van der Waals surface area contributed by atoms with E-state index >= 15 is 0 Å². The fourth-order valence-electron chi connectivity index (χ4n) is 4.85. The second kappa shape index (κ2) is 10.5. The van der Waals surface area contributed by atoms with Gasteiger partial charge in [0.25, 0.3) is 0 Å². The molecular weight excluding hydrogens is 403 g/mol.